The van der Waals surface area contributed by atoms with Crippen molar-refractivity contribution in [2.45, 2.75) is 31.6 Å². The van der Waals surface area contributed by atoms with Crippen molar-refractivity contribution in [3.8, 4) is 0 Å². The Morgan fingerprint density at radius 3 is 2.69 bits per heavy atom. The molecular weight excluding hydrogens is 203 g/mol. The van der Waals surface area contributed by atoms with Gasteiger partial charge in [0.1, 0.15) is 5.78 Å². The molecule has 1 nitrogen and oxygen atoms in total. The standard InChI is InChI=1S/C14H17FO/c15-9-8-13-10-12(6-7-14(13)16)11-4-2-1-3-5-11/h1-5,12-13H,6-10H2. The Kier molecular flexibility index (Phi) is 3.70. The SMILES string of the molecule is O=C1CCC(c2ccccc2)CC1CCF. The van der Waals surface area contributed by atoms with Crippen LogP contribution >= 0.6 is 0 Å². The van der Waals surface area contributed by atoms with Gasteiger partial charge in [-0.3, -0.25) is 9.18 Å². The summed E-state index contributed by atoms with van der Waals surface area (Å²) in [6, 6.07) is 10.3. The first-order chi connectivity index (χ1) is 7.81. The molecule has 1 aliphatic rings. The zero-order valence-corrected chi connectivity index (χ0v) is 9.36. The van der Waals surface area contributed by atoms with E-state index in [2.05, 4.69) is 12.1 Å². The fourth-order valence-corrected chi connectivity index (χ4v) is 2.55. The van der Waals surface area contributed by atoms with E-state index in [1.54, 1.807) is 0 Å². The Hall–Kier alpha value is -1.18. The Balaban J connectivity index is 2.05. The normalized spacial score (nSPS) is 25.7. The largest absolute Gasteiger partial charge is 0.299 e. The predicted molar refractivity (Wildman–Crippen MR) is 62.1 cm³/mol. The molecular formula is C14H17FO. The molecule has 0 aromatic heterocycles. The zero-order chi connectivity index (χ0) is 11.4. The van der Waals surface area contributed by atoms with Gasteiger partial charge in [-0.1, -0.05) is 30.3 Å². The van der Waals surface area contributed by atoms with Gasteiger partial charge in [-0.25, -0.2) is 0 Å². The lowest BCUT2D eigenvalue weighted by Gasteiger charge is -2.27. The third-order valence-electron chi connectivity index (χ3n) is 3.49. The third-order valence-corrected chi connectivity index (χ3v) is 3.49. The van der Waals surface area contributed by atoms with Crippen LogP contribution in [0.5, 0.6) is 0 Å². The molecule has 1 fully saturated rings. The Morgan fingerprint density at radius 2 is 2.00 bits per heavy atom. The van der Waals surface area contributed by atoms with Gasteiger partial charge < -0.3 is 0 Å². The lowest BCUT2D eigenvalue weighted by molar-refractivity contribution is -0.125. The van der Waals surface area contributed by atoms with Gasteiger partial charge in [0.2, 0.25) is 0 Å². The second-order valence-corrected chi connectivity index (χ2v) is 4.52. The highest BCUT2D eigenvalue weighted by molar-refractivity contribution is 5.82. The molecule has 2 rings (SSSR count). The monoisotopic (exact) mass is 220 g/mol. The number of rotatable bonds is 3. The second-order valence-electron chi connectivity index (χ2n) is 4.52. The van der Waals surface area contributed by atoms with E-state index in [1.165, 1.54) is 5.56 Å². The van der Waals surface area contributed by atoms with E-state index in [4.69, 9.17) is 0 Å². The quantitative estimate of drug-likeness (QED) is 0.762. The molecule has 0 radical (unpaired) electrons. The van der Waals surface area contributed by atoms with Crippen molar-refractivity contribution in [2.75, 3.05) is 6.67 Å². The van der Waals surface area contributed by atoms with Gasteiger partial charge in [0.05, 0.1) is 6.67 Å². The summed E-state index contributed by atoms with van der Waals surface area (Å²) in [5, 5.41) is 0. The minimum atomic E-state index is -0.377. The van der Waals surface area contributed by atoms with Crippen molar-refractivity contribution in [2.24, 2.45) is 5.92 Å². The van der Waals surface area contributed by atoms with E-state index in [0.29, 0.717) is 18.8 Å². The number of carbonyl (C=O) groups excluding carboxylic acids is 1. The maximum Gasteiger partial charge on any atom is 0.136 e. The molecule has 1 aromatic carbocycles. The van der Waals surface area contributed by atoms with Gasteiger partial charge in [-0.05, 0) is 30.7 Å². The molecule has 16 heavy (non-hydrogen) atoms. The summed E-state index contributed by atoms with van der Waals surface area (Å²) in [4.78, 5) is 11.6. The highest BCUT2D eigenvalue weighted by atomic mass is 19.1. The van der Waals surface area contributed by atoms with Crippen molar-refractivity contribution < 1.29 is 9.18 Å². The average molecular weight is 220 g/mol. The van der Waals surface area contributed by atoms with E-state index in [-0.39, 0.29) is 18.4 Å². The summed E-state index contributed by atoms with van der Waals surface area (Å²) in [6.45, 7) is -0.377. The summed E-state index contributed by atoms with van der Waals surface area (Å²) in [6.07, 6.45) is 2.77. The summed E-state index contributed by atoms with van der Waals surface area (Å²) < 4.78 is 12.3. The van der Waals surface area contributed by atoms with E-state index in [0.717, 1.165) is 12.8 Å². The van der Waals surface area contributed by atoms with Crippen LogP contribution in [0.25, 0.3) is 0 Å². The highest BCUT2D eigenvalue weighted by Gasteiger charge is 2.28. The maximum atomic E-state index is 12.3. The Labute approximate surface area is 95.7 Å². The van der Waals surface area contributed by atoms with Crippen molar-refractivity contribution in [1.82, 2.24) is 0 Å². The van der Waals surface area contributed by atoms with Crippen LogP contribution in [-0.2, 0) is 4.79 Å². The summed E-state index contributed by atoms with van der Waals surface area (Å²) in [7, 11) is 0. The smallest absolute Gasteiger partial charge is 0.136 e. The first-order valence-electron chi connectivity index (χ1n) is 5.95. The number of carbonyl (C=O) groups is 1. The average Bonchev–Trinajstić information content (AvgIpc) is 2.33. The number of Topliss-reactive ketones (excluding diaryl/α,β-unsaturated/α-hetero) is 1. The Bertz CT molecular complexity index is 347. The van der Waals surface area contributed by atoms with Crippen molar-refractivity contribution >= 4 is 5.78 Å². The summed E-state index contributed by atoms with van der Waals surface area (Å²) in [5.41, 5.74) is 1.29. The summed E-state index contributed by atoms with van der Waals surface area (Å²) in [5.74, 6) is 0.643. The molecule has 0 spiro atoms. The molecule has 1 aromatic rings. The number of benzene rings is 1. The lowest BCUT2D eigenvalue weighted by atomic mass is 9.76. The number of ketones is 1. The number of halogens is 1. The minimum absolute atomic E-state index is 0.0519. The zero-order valence-electron chi connectivity index (χ0n) is 9.36. The minimum Gasteiger partial charge on any atom is -0.299 e. The molecule has 2 heteroatoms. The fraction of sp³-hybridized carbons (Fsp3) is 0.500. The van der Waals surface area contributed by atoms with E-state index in [9.17, 15) is 9.18 Å². The van der Waals surface area contributed by atoms with Gasteiger partial charge >= 0.3 is 0 Å². The van der Waals surface area contributed by atoms with Crippen LogP contribution in [0.15, 0.2) is 30.3 Å². The fourth-order valence-electron chi connectivity index (χ4n) is 2.55. The molecule has 0 heterocycles. The molecule has 0 N–H and O–H groups in total. The molecule has 2 unspecified atom stereocenters. The Morgan fingerprint density at radius 1 is 1.25 bits per heavy atom. The first kappa shape index (κ1) is 11.3. The number of hydrogen-bond acceptors (Lipinski definition) is 1. The van der Waals surface area contributed by atoms with Crippen LogP contribution in [0.4, 0.5) is 4.39 Å². The van der Waals surface area contributed by atoms with Crippen LogP contribution in [0.2, 0.25) is 0 Å². The predicted octanol–water partition coefficient (Wildman–Crippen LogP) is 3.50. The molecule has 1 aliphatic carbocycles. The second kappa shape index (κ2) is 5.24. The molecule has 86 valence electrons. The van der Waals surface area contributed by atoms with Gasteiger partial charge in [0, 0.05) is 12.3 Å². The van der Waals surface area contributed by atoms with E-state index < -0.39 is 0 Å². The van der Waals surface area contributed by atoms with Crippen molar-refractivity contribution in [3.05, 3.63) is 35.9 Å². The highest BCUT2D eigenvalue weighted by Crippen LogP contribution is 2.35. The first-order valence-corrected chi connectivity index (χ1v) is 5.95. The van der Waals surface area contributed by atoms with Crippen molar-refractivity contribution in [1.29, 1.82) is 0 Å². The number of alkyl halides is 1. The third kappa shape index (κ3) is 2.49. The van der Waals surface area contributed by atoms with E-state index >= 15 is 0 Å². The molecule has 0 saturated heterocycles. The topological polar surface area (TPSA) is 17.1 Å². The van der Waals surface area contributed by atoms with Crippen molar-refractivity contribution in [3.63, 3.8) is 0 Å². The summed E-state index contributed by atoms with van der Waals surface area (Å²) >= 11 is 0. The van der Waals surface area contributed by atoms with Crippen LogP contribution in [0.1, 0.15) is 37.2 Å². The molecule has 1 saturated carbocycles. The van der Waals surface area contributed by atoms with Gasteiger partial charge in [-0.15, -0.1) is 0 Å². The van der Waals surface area contributed by atoms with Crippen LogP contribution in [-0.4, -0.2) is 12.5 Å². The molecule has 0 amide bonds. The van der Waals surface area contributed by atoms with Crippen LogP contribution in [0.3, 0.4) is 0 Å². The van der Waals surface area contributed by atoms with Crippen LogP contribution < -0.4 is 0 Å². The lowest BCUT2D eigenvalue weighted by Crippen LogP contribution is -2.24. The van der Waals surface area contributed by atoms with Gasteiger partial charge in [0.15, 0.2) is 0 Å². The maximum absolute atomic E-state index is 12.3. The van der Waals surface area contributed by atoms with Gasteiger partial charge in [-0.2, -0.15) is 0 Å². The molecule has 0 bridgehead atoms. The number of hydrogen-bond donors (Lipinski definition) is 0. The van der Waals surface area contributed by atoms with E-state index in [1.807, 2.05) is 18.2 Å². The van der Waals surface area contributed by atoms with Crippen LogP contribution in [0, 0.1) is 5.92 Å². The van der Waals surface area contributed by atoms with Gasteiger partial charge in [0.25, 0.3) is 0 Å². The molecule has 0 aliphatic heterocycles. The molecule has 2 atom stereocenters.